The Kier molecular flexibility index (Phi) is 6.49. The molecule has 1 saturated heterocycles. The maximum Gasteiger partial charge on any atom is 0.185 e. The van der Waals surface area contributed by atoms with Gasteiger partial charge in [-0.2, -0.15) is 0 Å². The van der Waals surface area contributed by atoms with Crippen LogP contribution in [0, 0.1) is 18.8 Å². The third kappa shape index (κ3) is 4.68. The first-order valence-corrected chi connectivity index (χ1v) is 9.35. The Labute approximate surface area is 134 Å². The van der Waals surface area contributed by atoms with E-state index in [1.807, 2.05) is 11.3 Å². The average Bonchev–Trinajstić information content (AvgIpc) is 2.67. The fourth-order valence-corrected chi connectivity index (χ4v) is 4.15. The lowest BCUT2D eigenvalue weighted by Gasteiger charge is -2.20. The highest BCUT2D eigenvalue weighted by Crippen LogP contribution is 2.31. The highest BCUT2D eigenvalue weighted by molar-refractivity contribution is 7.15. The van der Waals surface area contributed by atoms with Gasteiger partial charge in [-0.15, -0.1) is 11.3 Å². The average molecular weight is 310 g/mol. The van der Waals surface area contributed by atoms with Gasteiger partial charge in [-0.25, -0.2) is 4.98 Å². The number of hydrogen-bond acceptors (Lipinski definition) is 4. The van der Waals surface area contributed by atoms with Crippen LogP contribution < -0.4 is 10.2 Å². The van der Waals surface area contributed by atoms with Crippen molar-refractivity contribution in [2.75, 3.05) is 24.5 Å². The van der Waals surface area contributed by atoms with Gasteiger partial charge >= 0.3 is 0 Å². The zero-order valence-corrected chi connectivity index (χ0v) is 14.9. The monoisotopic (exact) mass is 309 g/mol. The maximum atomic E-state index is 4.83. The van der Waals surface area contributed by atoms with Gasteiger partial charge in [0.05, 0.1) is 5.69 Å². The Hall–Kier alpha value is -0.610. The van der Waals surface area contributed by atoms with Crippen molar-refractivity contribution in [3.05, 3.63) is 10.6 Å². The fraction of sp³-hybridized carbons (Fsp3) is 0.824. The largest absolute Gasteiger partial charge is 0.348 e. The normalized spacial score (nSPS) is 20.0. The molecule has 1 N–H and O–H groups in total. The summed E-state index contributed by atoms with van der Waals surface area (Å²) in [5, 5.41) is 4.74. The Morgan fingerprint density at radius 3 is 2.86 bits per heavy atom. The van der Waals surface area contributed by atoms with Crippen LogP contribution in [0.15, 0.2) is 0 Å². The van der Waals surface area contributed by atoms with Crippen molar-refractivity contribution in [3.8, 4) is 0 Å². The summed E-state index contributed by atoms with van der Waals surface area (Å²) in [6.07, 6.45) is 5.20. The predicted molar refractivity (Wildman–Crippen MR) is 93.2 cm³/mol. The van der Waals surface area contributed by atoms with E-state index < -0.39 is 0 Å². The number of aryl methyl sites for hydroxylation is 1. The van der Waals surface area contributed by atoms with Crippen LogP contribution >= 0.6 is 11.3 Å². The third-order valence-electron chi connectivity index (χ3n) is 4.58. The van der Waals surface area contributed by atoms with Crippen LogP contribution in [0.3, 0.4) is 0 Å². The molecule has 1 aromatic heterocycles. The second kappa shape index (κ2) is 8.14. The van der Waals surface area contributed by atoms with Gasteiger partial charge in [-0.1, -0.05) is 20.8 Å². The molecule has 21 heavy (non-hydrogen) atoms. The van der Waals surface area contributed by atoms with Crippen molar-refractivity contribution >= 4 is 16.5 Å². The lowest BCUT2D eigenvalue weighted by Crippen LogP contribution is -2.24. The van der Waals surface area contributed by atoms with Crippen LogP contribution in [-0.4, -0.2) is 24.6 Å². The van der Waals surface area contributed by atoms with Crippen LogP contribution in [0.2, 0.25) is 0 Å². The second-order valence-corrected chi connectivity index (χ2v) is 7.67. The molecule has 1 aliphatic rings. The highest BCUT2D eigenvalue weighted by atomic mass is 32.1. The molecular weight excluding hydrogens is 278 g/mol. The molecule has 0 radical (unpaired) electrons. The molecule has 0 bridgehead atoms. The number of nitrogens with zero attached hydrogens (tertiary/aromatic N) is 2. The summed E-state index contributed by atoms with van der Waals surface area (Å²) in [4.78, 5) is 8.75. The summed E-state index contributed by atoms with van der Waals surface area (Å²) >= 11 is 1.89. The summed E-state index contributed by atoms with van der Waals surface area (Å²) in [6, 6.07) is 0. The zero-order chi connectivity index (χ0) is 15.2. The molecule has 3 nitrogen and oxygen atoms in total. The Morgan fingerprint density at radius 2 is 2.14 bits per heavy atom. The Bertz CT molecular complexity index is 428. The number of thiazole rings is 1. The van der Waals surface area contributed by atoms with Gasteiger partial charge < -0.3 is 10.2 Å². The molecule has 4 heteroatoms. The second-order valence-electron chi connectivity index (χ2n) is 6.60. The van der Waals surface area contributed by atoms with Gasteiger partial charge in [0.1, 0.15) is 0 Å². The van der Waals surface area contributed by atoms with Crippen molar-refractivity contribution in [1.82, 2.24) is 10.3 Å². The van der Waals surface area contributed by atoms with Crippen LogP contribution in [0.1, 0.15) is 57.0 Å². The van der Waals surface area contributed by atoms with Crippen molar-refractivity contribution in [2.24, 2.45) is 11.8 Å². The van der Waals surface area contributed by atoms with Gasteiger partial charge in [0.25, 0.3) is 0 Å². The lowest BCUT2D eigenvalue weighted by molar-refractivity contribution is 0.351. The standard InChI is InChI=1S/C17H31N3S/c1-5-9-18-12-16-14(4)19-17(21-16)20-10-6-7-15(8-11-20)13(2)3/h13,15,18H,5-12H2,1-4H3. The van der Waals surface area contributed by atoms with Gasteiger partial charge in [0.2, 0.25) is 0 Å². The topological polar surface area (TPSA) is 28.2 Å². The molecule has 2 rings (SSSR count). The smallest absolute Gasteiger partial charge is 0.185 e. The predicted octanol–water partition coefficient (Wildman–Crippen LogP) is 4.21. The Morgan fingerprint density at radius 1 is 1.33 bits per heavy atom. The van der Waals surface area contributed by atoms with Gasteiger partial charge in [-0.05, 0) is 51.0 Å². The maximum absolute atomic E-state index is 4.83. The molecule has 120 valence electrons. The van der Waals surface area contributed by atoms with Crippen LogP contribution in [0.25, 0.3) is 0 Å². The van der Waals surface area contributed by atoms with Crippen LogP contribution in [-0.2, 0) is 6.54 Å². The molecule has 1 aromatic rings. The number of rotatable bonds is 6. The van der Waals surface area contributed by atoms with E-state index in [2.05, 4.69) is 37.9 Å². The van der Waals surface area contributed by atoms with E-state index in [4.69, 9.17) is 4.98 Å². The minimum absolute atomic E-state index is 0.816. The summed E-state index contributed by atoms with van der Waals surface area (Å²) in [6.45, 7) is 13.5. The minimum Gasteiger partial charge on any atom is -0.348 e. The molecule has 0 amide bonds. The van der Waals surface area contributed by atoms with Gasteiger partial charge in [-0.3, -0.25) is 0 Å². The van der Waals surface area contributed by atoms with E-state index >= 15 is 0 Å². The summed E-state index contributed by atoms with van der Waals surface area (Å²) < 4.78 is 0. The molecule has 0 aromatic carbocycles. The van der Waals surface area contributed by atoms with Crippen molar-refractivity contribution in [3.63, 3.8) is 0 Å². The first-order valence-electron chi connectivity index (χ1n) is 8.53. The van der Waals surface area contributed by atoms with Crippen LogP contribution in [0.5, 0.6) is 0 Å². The summed E-state index contributed by atoms with van der Waals surface area (Å²) in [7, 11) is 0. The van der Waals surface area contributed by atoms with Crippen molar-refractivity contribution in [2.45, 2.75) is 59.9 Å². The first kappa shape index (κ1) is 16.8. The molecule has 1 aliphatic heterocycles. The molecule has 0 saturated carbocycles. The van der Waals surface area contributed by atoms with E-state index in [0.29, 0.717) is 0 Å². The molecule has 0 spiro atoms. The number of hydrogen-bond donors (Lipinski definition) is 1. The van der Waals surface area contributed by atoms with E-state index in [1.54, 1.807) is 0 Å². The van der Waals surface area contributed by atoms with E-state index in [1.165, 1.54) is 54.5 Å². The third-order valence-corrected chi connectivity index (χ3v) is 5.80. The SMILES string of the molecule is CCCNCc1sc(N2CCCC(C(C)C)CC2)nc1C. The lowest BCUT2D eigenvalue weighted by atomic mass is 9.89. The van der Waals surface area contributed by atoms with Crippen molar-refractivity contribution in [1.29, 1.82) is 0 Å². The molecule has 1 fully saturated rings. The number of anilines is 1. The van der Waals surface area contributed by atoms with Gasteiger partial charge in [0.15, 0.2) is 5.13 Å². The summed E-state index contributed by atoms with van der Waals surface area (Å²) in [5.74, 6) is 1.71. The first-order chi connectivity index (χ1) is 10.1. The fourth-order valence-electron chi connectivity index (χ4n) is 3.07. The molecular formula is C17H31N3S. The van der Waals surface area contributed by atoms with E-state index in [0.717, 1.165) is 24.9 Å². The van der Waals surface area contributed by atoms with Gasteiger partial charge in [0, 0.05) is 24.5 Å². The Balaban J connectivity index is 1.96. The van der Waals surface area contributed by atoms with Crippen molar-refractivity contribution < 1.29 is 0 Å². The molecule has 1 unspecified atom stereocenters. The number of nitrogens with one attached hydrogen (secondary N) is 1. The summed E-state index contributed by atoms with van der Waals surface area (Å²) in [5.41, 5.74) is 1.21. The molecule has 0 aliphatic carbocycles. The minimum atomic E-state index is 0.816. The highest BCUT2D eigenvalue weighted by Gasteiger charge is 2.21. The molecule has 1 atom stereocenters. The van der Waals surface area contributed by atoms with E-state index in [9.17, 15) is 0 Å². The molecule has 2 heterocycles. The van der Waals surface area contributed by atoms with E-state index in [-0.39, 0.29) is 0 Å². The quantitative estimate of drug-likeness (QED) is 0.798. The van der Waals surface area contributed by atoms with Crippen LogP contribution in [0.4, 0.5) is 5.13 Å². The zero-order valence-electron chi connectivity index (χ0n) is 14.1. The number of aromatic nitrogens is 1.